The third kappa shape index (κ3) is 5.28. The Morgan fingerprint density at radius 3 is 2.19 bits per heavy atom. The Morgan fingerprint density at radius 1 is 1.00 bits per heavy atom. The lowest BCUT2D eigenvalue weighted by Crippen LogP contribution is -2.52. The molecule has 2 fully saturated rings. The zero-order valence-corrected chi connectivity index (χ0v) is 16.3. The van der Waals surface area contributed by atoms with Gasteiger partial charge in [0.2, 0.25) is 15.9 Å². The van der Waals surface area contributed by atoms with Crippen molar-refractivity contribution in [2.24, 2.45) is 5.92 Å². The number of sulfonamides is 1. The van der Waals surface area contributed by atoms with Gasteiger partial charge in [0.1, 0.15) is 0 Å². The summed E-state index contributed by atoms with van der Waals surface area (Å²) in [6, 6.07) is 10.6. The molecular formula is C19H29N3O3S. The number of piperidine rings is 1. The molecule has 0 aromatic heterocycles. The first-order valence-electron chi connectivity index (χ1n) is 9.41. The van der Waals surface area contributed by atoms with Crippen molar-refractivity contribution >= 4 is 15.9 Å². The molecule has 3 rings (SSSR count). The van der Waals surface area contributed by atoms with Crippen LogP contribution in [0.4, 0.5) is 0 Å². The minimum Gasteiger partial charge on any atom is -0.342 e. The van der Waals surface area contributed by atoms with Gasteiger partial charge in [-0.3, -0.25) is 9.69 Å². The van der Waals surface area contributed by atoms with Crippen molar-refractivity contribution in [2.45, 2.75) is 19.3 Å². The van der Waals surface area contributed by atoms with Gasteiger partial charge in [-0.2, -0.15) is 4.31 Å². The lowest BCUT2D eigenvalue weighted by atomic mass is 9.90. The molecule has 2 aliphatic rings. The second-order valence-corrected chi connectivity index (χ2v) is 9.43. The van der Waals surface area contributed by atoms with Gasteiger partial charge in [0.15, 0.2) is 0 Å². The number of piperazine rings is 1. The van der Waals surface area contributed by atoms with Crippen LogP contribution in [-0.2, 0) is 21.2 Å². The highest BCUT2D eigenvalue weighted by Gasteiger charge is 2.27. The molecule has 0 N–H and O–H groups in total. The monoisotopic (exact) mass is 379 g/mol. The second-order valence-electron chi connectivity index (χ2n) is 7.45. The molecule has 6 nitrogen and oxygen atoms in total. The van der Waals surface area contributed by atoms with E-state index in [2.05, 4.69) is 29.2 Å². The van der Waals surface area contributed by atoms with Crippen LogP contribution >= 0.6 is 0 Å². The summed E-state index contributed by atoms with van der Waals surface area (Å²) >= 11 is 0. The van der Waals surface area contributed by atoms with Crippen LogP contribution in [-0.4, -0.2) is 80.5 Å². The number of benzene rings is 1. The van der Waals surface area contributed by atoms with E-state index in [1.165, 1.54) is 16.1 Å². The van der Waals surface area contributed by atoms with E-state index in [0.717, 1.165) is 32.4 Å². The van der Waals surface area contributed by atoms with Crippen molar-refractivity contribution in [3.63, 3.8) is 0 Å². The molecule has 2 saturated heterocycles. The maximum Gasteiger partial charge on any atom is 0.236 e. The summed E-state index contributed by atoms with van der Waals surface area (Å²) in [5, 5.41) is 0. The molecule has 0 bridgehead atoms. The van der Waals surface area contributed by atoms with Crippen molar-refractivity contribution in [3.05, 3.63) is 35.9 Å². The molecule has 2 aliphatic heterocycles. The average molecular weight is 380 g/mol. The van der Waals surface area contributed by atoms with Crippen molar-refractivity contribution in [1.82, 2.24) is 14.1 Å². The lowest BCUT2D eigenvalue weighted by molar-refractivity contribution is -0.134. The first kappa shape index (κ1) is 19.3. The SMILES string of the molecule is CS(=O)(=O)N1CCN(CC(=O)N2CCC(Cc3ccccc3)CC2)CC1. The summed E-state index contributed by atoms with van der Waals surface area (Å²) in [6.07, 6.45) is 4.45. The van der Waals surface area contributed by atoms with Gasteiger partial charge in [-0.1, -0.05) is 30.3 Å². The molecule has 0 radical (unpaired) electrons. The van der Waals surface area contributed by atoms with Crippen molar-refractivity contribution in [1.29, 1.82) is 0 Å². The molecule has 0 atom stereocenters. The molecule has 0 aliphatic carbocycles. The molecule has 144 valence electrons. The molecule has 1 amide bonds. The molecule has 26 heavy (non-hydrogen) atoms. The third-order valence-corrected chi connectivity index (χ3v) is 6.80. The Kier molecular flexibility index (Phi) is 6.32. The van der Waals surface area contributed by atoms with Gasteiger partial charge in [-0.15, -0.1) is 0 Å². The predicted octanol–water partition coefficient (Wildman–Crippen LogP) is 1.04. The minimum atomic E-state index is -3.12. The standard InChI is InChI=1S/C19H29N3O3S/c1-26(24,25)22-13-11-20(12-14-22)16-19(23)21-9-7-18(8-10-21)15-17-5-3-2-4-6-17/h2-6,18H,7-16H2,1H3. The van der Waals surface area contributed by atoms with Crippen molar-refractivity contribution < 1.29 is 13.2 Å². The number of nitrogens with zero attached hydrogens (tertiary/aromatic N) is 3. The zero-order chi connectivity index (χ0) is 18.6. The summed E-state index contributed by atoms with van der Waals surface area (Å²) in [5.74, 6) is 0.829. The van der Waals surface area contributed by atoms with E-state index in [4.69, 9.17) is 0 Å². The summed E-state index contributed by atoms with van der Waals surface area (Å²) in [4.78, 5) is 16.6. The molecular weight excluding hydrogens is 350 g/mol. The van der Waals surface area contributed by atoms with Gasteiger partial charge < -0.3 is 4.90 Å². The van der Waals surface area contributed by atoms with Crippen LogP contribution < -0.4 is 0 Å². The van der Waals surface area contributed by atoms with E-state index in [9.17, 15) is 13.2 Å². The quantitative estimate of drug-likeness (QED) is 0.767. The number of carbonyl (C=O) groups excluding carboxylic acids is 1. The van der Waals surface area contributed by atoms with Crippen LogP contribution in [0.15, 0.2) is 30.3 Å². The molecule has 0 saturated carbocycles. The average Bonchev–Trinajstić information content (AvgIpc) is 2.63. The Hall–Kier alpha value is -1.44. The summed E-state index contributed by atoms with van der Waals surface area (Å²) < 4.78 is 24.6. The number of rotatable bonds is 5. The smallest absolute Gasteiger partial charge is 0.236 e. The van der Waals surface area contributed by atoms with Crippen LogP contribution in [0.2, 0.25) is 0 Å². The number of hydrogen-bond acceptors (Lipinski definition) is 4. The minimum absolute atomic E-state index is 0.177. The van der Waals surface area contributed by atoms with Crippen LogP contribution in [0.5, 0.6) is 0 Å². The zero-order valence-electron chi connectivity index (χ0n) is 15.5. The van der Waals surface area contributed by atoms with Gasteiger partial charge >= 0.3 is 0 Å². The number of likely N-dealkylation sites (tertiary alicyclic amines) is 1. The Balaban J connectivity index is 1.40. The normalized spacial score (nSPS) is 21.0. The first-order valence-corrected chi connectivity index (χ1v) is 11.3. The fourth-order valence-corrected chi connectivity index (χ4v) is 4.67. The van der Waals surface area contributed by atoms with Crippen LogP contribution in [0, 0.1) is 5.92 Å². The summed E-state index contributed by atoms with van der Waals surface area (Å²) in [6.45, 7) is 4.28. The Morgan fingerprint density at radius 2 is 1.62 bits per heavy atom. The topological polar surface area (TPSA) is 60.9 Å². The molecule has 1 aromatic carbocycles. The third-order valence-electron chi connectivity index (χ3n) is 5.49. The number of amides is 1. The summed E-state index contributed by atoms with van der Waals surface area (Å²) in [5.41, 5.74) is 1.38. The fraction of sp³-hybridized carbons (Fsp3) is 0.632. The number of hydrogen-bond donors (Lipinski definition) is 0. The van der Waals surface area contributed by atoms with E-state index >= 15 is 0 Å². The van der Waals surface area contributed by atoms with E-state index in [1.807, 2.05) is 11.0 Å². The Bertz CT molecular complexity index is 692. The van der Waals surface area contributed by atoms with E-state index < -0.39 is 10.0 Å². The van der Waals surface area contributed by atoms with Gasteiger partial charge in [0, 0.05) is 39.3 Å². The van der Waals surface area contributed by atoms with Gasteiger partial charge in [-0.25, -0.2) is 8.42 Å². The van der Waals surface area contributed by atoms with Crippen LogP contribution in [0.1, 0.15) is 18.4 Å². The molecule has 0 spiro atoms. The maximum atomic E-state index is 12.6. The molecule has 7 heteroatoms. The highest BCUT2D eigenvalue weighted by molar-refractivity contribution is 7.88. The predicted molar refractivity (Wildman–Crippen MR) is 102 cm³/mol. The lowest BCUT2D eigenvalue weighted by Gasteiger charge is -2.36. The van der Waals surface area contributed by atoms with Crippen molar-refractivity contribution in [3.8, 4) is 0 Å². The largest absolute Gasteiger partial charge is 0.342 e. The van der Waals surface area contributed by atoms with Crippen LogP contribution in [0.25, 0.3) is 0 Å². The van der Waals surface area contributed by atoms with E-state index in [-0.39, 0.29) is 5.91 Å². The van der Waals surface area contributed by atoms with E-state index in [0.29, 0.717) is 38.6 Å². The second kappa shape index (κ2) is 8.50. The highest BCUT2D eigenvalue weighted by atomic mass is 32.2. The summed E-state index contributed by atoms with van der Waals surface area (Å²) in [7, 11) is -3.12. The van der Waals surface area contributed by atoms with E-state index in [1.54, 1.807) is 0 Å². The van der Waals surface area contributed by atoms with Crippen LogP contribution in [0.3, 0.4) is 0 Å². The molecule has 0 unspecified atom stereocenters. The number of carbonyl (C=O) groups is 1. The van der Waals surface area contributed by atoms with Gasteiger partial charge in [-0.05, 0) is 30.7 Å². The van der Waals surface area contributed by atoms with Crippen molar-refractivity contribution in [2.75, 3.05) is 52.1 Å². The Labute approximate surface area is 156 Å². The molecule has 2 heterocycles. The first-order chi connectivity index (χ1) is 12.4. The van der Waals surface area contributed by atoms with Gasteiger partial charge in [0.05, 0.1) is 12.8 Å². The highest BCUT2D eigenvalue weighted by Crippen LogP contribution is 2.22. The van der Waals surface area contributed by atoms with Gasteiger partial charge in [0.25, 0.3) is 0 Å². The maximum absolute atomic E-state index is 12.6. The molecule has 1 aromatic rings. The fourth-order valence-electron chi connectivity index (χ4n) is 3.84.